The number of alkyl carbamates (subject to hydrolysis) is 1. The highest BCUT2D eigenvalue weighted by Gasteiger charge is 2.16. The van der Waals surface area contributed by atoms with Crippen molar-refractivity contribution in [2.45, 2.75) is 39.5 Å². The van der Waals surface area contributed by atoms with Crippen molar-refractivity contribution in [3.8, 4) is 0 Å². The zero-order valence-electron chi connectivity index (χ0n) is 15.5. The number of nitrogens with one attached hydrogen (secondary N) is 2. The number of ether oxygens (including phenoxy) is 2. The topological polar surface area (TPSA) is 76.7 Å². The van der Waals surface area contributed by atoms with E-state index in [1.807, 2.05) is 30.3 Å². The van der Waals surface area contributed by atoms with E-state index in [1.54, 1.807) is 20.8 Å². The number of hydrogen-bond donors (Lipinski definition) is 2. The minimum Gasteiger partial charge on any atom is -0.444 e. The minimum atomic E-state index is -0.769. The fraction of sp³-hybridized carbons (Fsp3) is 0.300. The third-order valence-electron chi connectivity index (χ3n) is 3.32. The summed E-state index contributed by atoms with van der Waals surface area (Å²) in [4.78, 5) is 23.6. The van der Waals surface area contributed by atoms with Crippen LogP contribution >= 0.6 is 0 Å². The number of amides is 2. The molecule has 0 aliphatic rings. The summed E-state index contributed by atoms with van der Waals surface area (Å²) in [6, 6.07) is 13.3. The van der Waals surface area contributed by atoms with Gasteiger partial charge in [0.1, 0.15) is 18.0 Å². The van der Waals surface area contributed by atoms with E-state index >= 15 is 0 Å². The summed E-state index contributed by atoms with van der Waals surface area (Å²) in [5.74, 6) is -0.604. The molecule has 0 aliphatic carbocycles. The molecular weight excluding hydrogens is 351 g/mol. The van der Waals surface area contributed by atoms with Crippen molar-refractivity contribution in [1.29, 1.82) is 0 Å². The molecule has 2 N–H and O–H groups in total. The molecule has 0 bridgehead atoms. The van der Waals surface area contributed by atoms with E-state index in [-0.39, 0.29) is 18.8 Å². The fourth-order valence-electron chi connectivity index (χ4n) is 2.14. The lowest BCUT2D eigenvalue weighted by atomic mass is 10.2. The molecule has 2 aromatic rings. The lowest BCUT2D eigenvalue weighted by molar-refractivity contribution is 0.0523. The molecule has 0 aliphatic heterocycles. The van der Waals surface area contributed by atoms with Crippen LogP contribution in [0.4, 0.5) is 19.7 Å². The summed E-state index contributed by atoms with van der Waals surface area (Å²) in [5.41, 5.74) is 0.780. The highest BCUT2D eigenvalue weighted by Crippen LogP contribution is 2.17. The molecule has 0 unspecified atom stereocenters. The van der Waals surface area contributed by atoms with Crippen LogP contribution in [0.3, 0.4) is 0 Å². The van der Waals surface area contributed by atoms with Gasteiger partial charge in [-0.1, -0.05) is 36.4 Å². The molecule has 7 heteroatoms. The average Bonchev–Trinajstić information content (AvgIpc) is 2.60. The van der Waals surface area contributed by atoms with Gasteiger partial charge in [-0.25, -0.2) is 14.0 Å². The monoisotopic (exact) mass is 374 g/mol. The normalized spacial score (nSPS) is 10.8. The molecule has 6 nitrogen and oxygen atoms in total. The first kappa shape index (κ1) is 20.2. The number of benzene rings is 2. The molecule has 144 valence electrons. The molecule has 0 saturated carbocycles. The number of rotatable bonds is 5. The lowest BCUT2D eigenvalue weighted by Gasteiger charge is -2.19. The summed E-state index contributed by atoms with van der Waals surface area (Å²) >= 11 is 0. The van der Waals surface area contributed by atoms with Crippen LogP contribution in [0.25, 0.3) is 0 Å². The van der Waals surface area contributed by atoms with Crippen molar-refractivity contribution in [1.82, 2.24) is 5.32 Å². The summed E-state index contributed by atoms with van der Waals surface area (Å²) in [6.07, 6.45) is -1.35. The summed E-state index contributed by atoms with van der Waals surface area (Å²) in [7, 11) is 0. The second kappa shape index (κ2) is 9.02. The van der Waals surface area contributed by atoms with Crippen LogP contribution in [0.15, 0.2) is 48.5 Å². The van der Waals surface area contributed by atoms with Gasteiger partial charge in [-0.15, -0.1) is 0 Å². The van der Waals surface area contributed by atoms with Gasteiger partial charge in [0.25, 0.3) is 0 Å². The van der Waals surface area contributed by atoms with Gasteiger partial charge >= 0.3 is 12.2 Å². The molecule has 0 radical (unpaired) electrons. The Morgan fingerprint density at radius 2 is 1.70 bits per heavy atom. The third-order valence-corrected chi connectivity index (χ3v) is 3.32. The molecule has 0 aromatic heterocycles. The SMILES string of the molecule is CC(C)(C)OC(=O)NCc1ccc(F)c(NC(=O)OCc2ccccc2)c1. The lowest BCUT2D eigenvalue weighted by Crippen LogP contribution is -2.32. The highest BCUT2D eigenvalue weighted by atomic mass is 19.1. The predicted octanol–water partition coefficient (Wildman–Crippen LogP) is 4.60. The van der Waals surface area contributed by atoms with Crippen molar-refractivity contribution in [2.24, 2.45) is 0 Å². The first-order chi connectivity index (χ1) is 12.7. The quantitative estimate of drug-likeness (QED) is 0.802. The van der Waals surface area contributed by atoms with E-state index in [0.717, 1.165) is 5.56 Å². The van der Waals surface area contributed by atoms with Crippen LogP contribution in [-0.4, -0.2) is 17.8 Å². The van der Waals surface area contributed by atoms with Crippen molar-refractivity contribution in [3.05, 3.63) is 65.5 Å². The molecule has 0 atom stereocenters. The molecule has 0 fully saturated rings. The van der Waals surface area contributed by atoms with Gasteiger partial charge in [0.15, 0.2) is 0 Å². The first-order valence-corrected chi connectivity index (χ1v) is 8.46. The Labute approximate surface area is 157 Å². The molecule has 0 saturated heterocycles. The molecule has 2 aromatic carbocycles. The molecule has 27 heavy (non-hydrogen) atoms. The molecular formula is C20H23FN2O4. The number of hydrogen-bond acceptors (Lipinski definition) is 4. The van der Waals surface area contributed by atoms with Gasteiger partial charge in [-0.05, 0) is 44.0 Å². The second-order valence-electron chi connectivity index (χ2n) is 6.86. The Morgan fingerprint density at radius 1 is 1.00 bits per heavy atom. The summed E-state index contributed by atoms with van der Waals surface area (Å²) < 4.78 is 24.1. The maximum absolute atomic E-state index is 13.9. The van der Waals surface area contributed by atoms with E-state index < -0.39 is 23.6 Å². The standard InChI is InChI=1S/C20H23FN2O4/c1-20(2,3)27-18(24)22-12-15-9-10-16(21)17(11-15)23-19(25)26-13-14-7-5-4-6-8-14/h4-11H,12-13H2,1-3H3,(H,22,24)(H,23,25). The number of anilines is 1. The average molecular weight is 374 g/mol. The molecule has 0 spiro atoms. The summed E-state index contributed by atoms with van der Waals surface area (Å²) in [6.45, 7) is 5.48. The van der Waals surface area contributed by atoms with Gasteiger partial charge < -0.3 is 14.8 Å². The second-order valence-corrected chi connectivity index (χ2v) is 6.86. The summed E-state index contributed by atoms with van der Waals surface area (Å²) in [5, 5.41) is 4.94. The van der Waals surface area contributed by atoms with Crippen LogP contribution < -0.4 is 10.6 Å². The van der Waals surface area contributed by atoms with E-state index in [0.29, 0.717) is 5.56 Å². The maximum atomic E-state index is 13.9. The smallest absolute Gasteiger partial charge is 0.412 e. The zero-order chi connectivity index (χ0) is 19.9. The molecule has 0 heterocycles. The van der Waals surface area contributed by atoms with E-state index in [2.05, 4.69) is 10.6 Å². The van der Waals surface area contributed by atoms with Crippen LogP contribution in [0.5, 0.6) is 0 Å². The highest BCUT2D eigenvalue weighted by molar-refractivity contribution is 5.84. The van der Waals surface area contributed by atoms with Crippen LogP contribution in [0, 0.1) is 5.82 Å². The van der Waals surface area contributed by atoms with Crippen molar-refractivity contribution >= 4 is 17.9 Å². The van der Waals surface area contributed by atoms with Crippen molar-refractivity contribution in [3.63, 3.8) is 0 Å². The Bertz CT molecular complexity index is 788. The van der Waals surface area contributed by atoms with E-state index in [4.69, 9.17) is 9.47 Å². The van der Waals surface area contributed by atoms with E-state index in [9.17, 15) is 14.0 Å². The number of carbonyl (C=O) groups excluding carboxylic acids is 2. The van der Waals surface area contributed by atoms with Gasteiger partial charge in [0, 0.05) is 6.54 Å². The third kappa shape index (κ3) is 7.35. The van der Waals surface area contributed by atoms with Crippen molar-refractivity contribution < 1.29 is 23.5 Å². The molecule has 2 amide bonds. The minimum absolute atomic E-state index is 0.0310. The Balaban J connectivity index is 1.90. The largest absolute Gasteiger partial charge is 0.444 e. The van der Waals surface area contributed by atoms with E-state index in [1.165, 1.54) is 18.2 Å². The van der Waals surface area contributed by atoms with Crippen LogP contribution in [-0.2, 0) is 22.6 Å². The van der Waals surface area contributed by atoms with Gasteiger partial charge in [-0.3, -0.25) is 5.32 Å². The Kier molecular flexibility index (Phi) is 6.76. The zero-order valence-corrected chi connectivity index (χ0v) is 15.5. The van der Waals surface area contributed by atoms with Crippen LogP contribution in [0.2, 0.25) is 0 Å². The fourth-order valence-corrected chi connectivity index (χ4v) is 2.14. The maximum Gasteiger partial charge on any atom is 0.412 e. The molecule has 2 rings (SSSR count). The van der Waals surface area contributed by atoms with Gasteiger partial charge in [0.05, 0.1) is 5.69 Å². The van der Waals surface area contributed by atoms with Crippen molar-refractivity contribution in [2.75, 3.05) is 5.32 Å². The Morgan fingerprint density at radius 3 is 2.37 bits per heavy atom. The first-order valence-electron chi connectivity index (χ1n) is 8.46. The number of halogens is 1. The van der Waals surface area contributed by atoms with Crippen LogP contribution in [0.1, 0.15) is 31.9 Å². The van der Waals surface area contributed by atoms with Gasteiger partial charge in [-0.2, -0.15) is 0 Å². The number of carbonyl (C=O) groups is 2. The predicted molar refractivity (Wildman–Crippen MR) is 99.7 cm³/mol. The van der Waals surface area contributed by atoms with Gasteiger partial charge in [0.2, 0.25) is 0 Å². The Hall–Kier alpha value is -3.09.